The molecule has 0 spiro atoms. The minimum Gasteiger partial charge on any atom is -0.463 e. The van der Waals surface area contributed by atoms with E-state index in [1.165, 1.54) is 16.0 Å². The minimum absolute atomic E-state index is 0.132. The first-order valence-corrected chi connectivity index (χ1v) is 20.5. The van der Waals surface area contributed by atoms with E-state index < -0.39 is 53.4 Å². The van der Waals surface area contributed by atoms with Crippen molar-refractivity contribution in [2.45, 2.75) is 172 Å². The molecule has 322 valence electrons. The lowest BCUT2D eigenvalue weighted by Crippen LogP contribution is -2.50. The number of esters is 3. The normalized spacial score (nSPS) is 16.6. The van der Waals surface area contributed by atoms with Crippen LogP contribution in [-0.2, 0) is 50.9 Å². The molecule has 0 N–H and O–H groups in total. The van der Waals surface area contributed by atoms with Crippen molar-refractivity contribution in [2.75, 3.05) is 13.1 Å². The number of carbonyl (C=O) groups is 5. The van der Waals surface area contributed by atoms with Gasteiger partial charge in [-0.3, -0.25) is 19.3 Å². The van der Waals surface area contributed by atoms with Crippen molar-refractivity contribution in [1.82, 2.24) is 9.80 Å². The first-order valence-electron chi connectivity index (χ1n) is 20.5. The summed E-state index contributed by atoms with van der Waals surface area (Å²) in [5.74, 6) is -3.05. The summed E-state index contributed by atoms with van der Waals surface area (Å²) >= 11 is 0. The molecule has 2 amide bonds. The van der Waals surface area contributed by atoms with Gasteiger partial charge in [0.15, 0.2) is 5.92 Å². The highest BCUT2D eigenvalue weighted by molar-refractivity contribution is 5.97. The maximum atomic E-state index is 13.2. The third-order valence-corrected chi connectivity index (χ3v) is 9.66. The summed E-state index contributed by atoms with van der Waals surface area (Å²) < 4.78 is 27.4. The van der Waals surface area contributed by atoms with Crippen LogP contribution in [0.1, 0.15) is 146 Å². The number of fused-ring (bicyclic) bond motifs is 2. The smallest absolute Gasteiger partial charge is 0.410 e. The van der Waals surface area contributed by atoms with Gasteiger partial charge in [-0.2, -0.15) is 0 Å². The summed E-state index contributed by atoms with van der Waals surface area (Å²) in [4.78, 5) is 67.8. The highest BCUT2D eigenvalue weighted by Crippen LogP contribution is 2.40. The van der Waals surface area contributed by atoms with E-state index in [9.17, 15) is 24.0 Å². The van der Waals surface area contributed by atoms with Gasteiger partial charge < -0.3 is 28.6 Å². The predicted octanol–water partition coefficient (Wildman–Crippen LogP) is 9.14. The van der Waals surface area contributed by atoms with Crippen LogP contribution in [0.25, 0.3) is 0 Å². The summed E-state index contributed by atoms with van der Waals surface area (Å²) in [5.41, 5.74) is 7.14. The van der Waals surface area contributed by atoms with Gasteiger partial charge in [0.2, 0.25) is 0 Å². The second-order valence-electron chi connectivity index (χ2n) is 18.3. The van der Waals surface area contributed by atoms with Crippen LogP contribution in [0, 0.1) is 33.6 Å². The zero-order valence-corrected chi connectivity index (χ0v) is 37.8. The SMILES string of the molecule is Cc1cc2c(cc1C)[C@@H](C(C(=O)OC(C)C)C(=O)OC(C)C)N(C(=O)OC(C)(C)C)CC2.Cc1cc2c(cc1C)[C@@H](CC(=O)OC(C)C)N(C(=O)OC(C)(C)C)CC2. The molecular formula is C46H68N2O10. The standard InChI is InChI=1S/C25H37NO6.C21H31NO4/c1-14(2)30-22(27)20(23(28)31-15(3)4)21-19-13-17(6)16(5)12-18(19)10-11-26(21)24(29)32-25(7,8)9;1-13(2)25-19(23)12-18-17-11-15(4)14(3)10-16(17)8-9-22(18)20(24)26-21(5,6)7/h12-15,20-21H,10-11H2,1-9H3;10-11,13,18H,8-9,12H2,1-7H3/t21-;18-/m01/s1. The van der Waals surface area contributed by atoms with Crippen molar-refractivity contribution in [3.05, 3.63) is 68.8 Å². The Morgan fingerprint density at radius 3 is 1.40 bits per heavy atom. The van der Waals surface area contributed by atoms with Crippen LogP contribution >= 0.6 is 0 Å². The largest absolute Gasteiger partial charge is 0.463 e. The molecule has 0 aromatic heterocycles. The van der Waals surface area contributed by atoms with Crippen LogP contribution in [-0.4, -0.2) is 82.5 Å². The predicted molar refractivity (Wildman–Crippen MR) is 222 cm³/mol. The summed E-state index contributed by atoms with van der Waals surface area (Å²) in [6, 6.07) is 7.02. The Bertz CT molecular complexity index is 1800. The Hall–Kier alpha value is -4.61. The zero-order chi connectivity index (χ0) is 44.0. The minimum atomic E-state index is -1.33. The third-order valence-electron chi connectivity index (χ3n) is 9.66. The van der Waals surface area contributed by atoms with Gasteiger partial charge in [0.05, 0.1) is 36.8 Å². The van der Waals surface area contributed by atoms with Crippen molar-refractivity contribution in [2.24, 2.45) is 5.92 Å². The number of benzene rings is 2. The molecule has 2 heterocycles. The number of aryl methyl sites for hydroxylation is 4. The van der Waals surface area contributed by atoms with E-state index in [-0.39, 0.29) is 30.6 Å². The molecular weight excluding hydrogens is 741 g/mol. The van der Waals surface area contributed by atoms with Crippen molar-refractivity contribution < 1.29 is 47.7 Å². The lowest BCUT2D eigenvalue weighted by molar-refractivity contribution is -0.170. The number of rotatable bonds is 8. The number of hydrogen-bond donors (Lipinski definition) is 0. The molecule has 58 heavy (non-hydrogen) atoms. The van der Waals surface area contributed by atoms with Crippen molar-refractivity contribution in [3.8, 4) is 0 Å². The van der Waals surface area contributed by atoms with Crippen LogP contribution in [0.2, 0.25) is 0 Å². The molecule has 2 aliphatic heterocycles. The highest BCUT2D eigenvalue weighted by atomic mass is 16.6. The van der Waals surface area contributed by atoms with Gasteiger partial charge >= 0.3 is 30.1 Å². The van der Waals surface area contributed by atoms with E-state index in [1.54, 1.807) is 53.4 Å². The Morgan fingerprint density at radius 1 is 0.586 bits per heavy atom. The molecule has 0 bridgehead atoms. The molecule has 0 aliphatic carbocycles. The van der Waals surface area contributed by atoms with Crippen LogP contribution in [0.3, 0.4) is 0 Å². The third kappa shape index (κ3) is 13.2. The van der Waals surface area contributed by atoms with Gasteiger partial charge in [-0.25, -0.2) is 9.59 Å². The van der Waals surface area contributed by atoms with Gasteiger partial charge in [-0.1, -0.05) is 24.3 Å². The molecule has 12 nitrogen and oxygen atoms in total. The fourth-order valence-electron chi connectivity index (χ4n) is 7.01. The molecule has 12 heteroatoms. The molecule has 2 aromatic carbocycles. The molecule has 0 unspecified atom stereocenters. The topological polar surface area (TPSA) is 138 Å². The lowest BCUT2D eigenvalue weighted by Gasteiger charge is -2.40. The molecule has 4 rings (SSSR count). The summed E-state index contributed by atoms with van der Waals surface area (Å²) in [6.07, 6.45) is -0.505. The molecule has 2 atom stereocenters. The molecule has 0 fully saturated rings. The molecule has 0 saturated heterocycles. The quantitative estimate of drug-likeness (QED) is 0.144. The highest BCUT2D eigenvalue weighted by Gasteiger charge is 2.47. The van der Waals surface area contributed by atoms with E-state index >= 15 is 0 Å². The van der Waals surface area contributed by atoms with Crippen LogP contribution in [0.5, 0.6) is 0 Å². The number of amides is 2. The van der Waals surface area contributed by atoms with E-state index in [0.717, 1.165) is 39.8 Å². The van der Waals surface area contributed by atoms with Gasteiger partial charge in [0.1, 0.15) is 11.2 Å². The Balaban J connectivity index is 0.000000317. The summed E-state index contributed by atoms with van der Waals surface area (Å²) in [6.45, 7) is 30.4. The first-order chi connectivity index (χ1) is 26.7. The molecule has 0 saturated carbocycles. The van der Waals surface area contributed by atoms with E-state index in [2.05, 4.69) is 25.1 Å². The lowest BCUT2D eigenvalue weighted by atomic mass is 9.82. The van der Waals surface area contributed by atoms with E-state index in [1.807, 2.05) is 61.5 Å². The second-order valence-corrected chi connectivity index (χ2v) is 18.3. The Kier molecular flexibility index (Phi) is 16.0. The van der Waals surface area contributed by atoms with Crippen LogP contribution in [0.4, 0.5) is 9.59 Å². The molecule has 2 aromatic rings. The Morgan fingerprint density at radius 2 is 0.966 bits per heavy atom. The molecule has 0 radical (unpaired) electrons. The zero-order valence-electron chi connectivity index (χ0n) is 37.8. The number of carbonyl (C=O) groups excluding carboxylic acids is 5. The van der Waals surface area contributed by atoms with Gasteiger partial charge in [0.25, 0.3) is 0 Å². The van der Waals surface area contributed by atoms with Crippen molar-refractivity contribution >= 4 is 30.1 Å². The number of ether oxygens (including phenoxy) is 5. The van der Waals surface area contributed by atoms with Crippen molar-refractivity contribution in [3.63, 3.8) is 0 Å². The van der Waals surface area contributed by atoms with E-state index in [4.69, 9.17) is 23.7 Å². The second kappa shape index (κ2) is 19.4. The Labute approximate surface area is 346 Å². The summed E-state index contributed by atoms with van der Waals surface area (Å²) in [7, 11) is 0. The maximum absolute atomic E-state index is 13.2. The van der Waals surface area contributed by atoms with Crippen molar-refractivity contribution in [1.29, 1.82) is 0 Å². The van der Waals surface area contributed by atoms with E-state index in [0.29, 0.717) is 19.5 Å². The van der Waals surface area contributed by atoms with Gasteiger partial charge in [-0.05, 0) is 168 Å². The van der Waals surface area contributed by atoms with Gasteiger partial charge in [-0.15, -0.1) is 0 Å². The fourth-order valence-corrected chi connectivity index (χ4v) is 7.01. The summed E-state index contributed by atoms with van der Waals surface area (Å²) in [5, 5.41) is 0. The van der Waals surface area contributed by atoms with Gasteiger partial charge in [0, 0.05) is 13.1 Å². The number of nitrogens with zero attached hydrogens (tertiary/aromatic N) is 2. The average Bonchev–Trinajstić information content (AvgIpc) is 3.04. The molecule has 2 aliphatic rings. The average molecular weight is 809 g/mol. The number of hydrogen-bond acceptors (Lipinski definition) is 10. The fraction of sp³-hybridized carbons (Fsp3) is 0.630. The monoisotopic (exact) mass is 808 g/mol. The maximum Gasteiger partial charge on any atom is 0.410 e. The first kappa shape index (κ1) is 47.8. The van der Waals surface area contributed by atoms with Crippen LogP contribution < -0.4 is 0 Å². The van der Waals surface area contributed by atoms with Crippen LogP contribution in [0.15, 0.2) is 24.3 Å².